The molecule has 0 aliphatic carbocycles. The van der Waals surface area contributed by atoms with Crippen molar-refractivity contribution in [1.29, 1.82) is 0 Å². The highest BCUT2D eigenvalue weighted by molar-refractivity contribution is 8.02. The van der Waals surface area contributed by atoms with E-state index in [9.17, 15) is 0 Å². The van der Waals surface area contributed by atoms with Crippen LogP contribution in [0.1, 0.15) is 12.5 Å². The van der Waals surface area contributed by atoms with Gasteiger partial charge in [-0.15, -0.1) is 11.8 Å². The molecule has 0 spiro atoms. The fraction of sp³-hybridized carbons (Fsp3) is 0.176. The van der Waals surface area contributed by atoms with Crippen LogP contribution in [-0.2, 0) is 5.75 Å². The molecule has 0 aliphatic heterocycles. The first kappa shape index (κ1) is 17.1. The highest BCUT2D eigenvalue weighted by Gasteiger charge is 2.00. The zero-order valence-electron chi connectivity index (χ0n) is 12.2. The second-order valence-electron chi connectivity index (χ2n) is 4.45. The molecule has 5 N–H and O–H groups in total. The zero-order valence-corrected chi connectivity index (χ0v) is 13.0. The van der Waals surface area contributed by atoms with E-state index in [0.29, 0.717) is 5.70 Å². The largest absolute Gasteiger partial charge is 0.402 e. The van der Waals surface area contributed by atoms with Crippen molar-refractivity contribution < 1.29 is 5.11 Å². The number of para-hydroxylation sites is 1. The second-order valence-corrected chi connectivity index (χ2v) is 5.52. The lowest BCUT2D eigenvalue weighted by atomic mass is 10.2. The first-order valence-electron chi connectivity index (χ1n) is 6.66. The Hall–Kier alpha value is -1.91. The van der Waals surface area contributed by atoms with Gasteiger partial charge in [0, 0.05) is 22.0 Å². The van der Waals surface area contributed by atoms with Gasteiger partial charge < -0.3 is 16.6 Å². The van der Waals surface area contributed by atoms with Gasteiger partial charge in [-0.25, -0.2) is 0 Å². The van der Waals surface area contributed by atoms with Gasteiger partial charge in [-0.2, -0.15) is 0 Å². The van der Waals surface area contributed by atoms with E-state index in [4.69, 9.17) is 16.6 Å². The van der Waals surface area contributed by atoms with Crippen LogP contribution in [0.4, 0.5) is 5.69 Å². The van der Waals surface area contributed by atoms with Crippen LogP contribution in [0.15, 0.2) is 71.3 Å². The Morgan fingerprint density at radius 1 is 1.00 bits per heavy atom. The first-order valence-corrected chi connectivity index (χ1v) is 7.65. The molecule has 0 fully saturated rings. The lowest BCUT2D eigenvalue weighted by Crippen LogP contribution is -1.99. The number of allylic oxidation sites excluding steroid dienone is 1. The number of hydrogen-bond acceptors (Lipinski definition) is 4. The van der Waals surface area contributed by atoms with E-state index in [2.05, 4.69) is 12.1 Å². The molecule has 0 heterocycles. The molecular weight excluding hydrogens is 280 g/mol. The van der Waals surface area contributed by atoms with Crippen molar-refractivity contribution in [1.82, 2.24) is 0 Å². The SMILES string of the molecule is C/C(N)=C(\CO)SCc1ccccc1.Nc1ccccc1. The van der Waals surface area contributed by atoms with Crippen LogP contribution in [0.5, 0.6) is 0 Å². The van der Waals surface area contributed by atoms with Gasteiger partial charge in [0.2, 0.25) is 0 Å². The summed E-state index contributed by atoms with van der Waals surface area (Å²) in [6.07, 6.45) is 0. The Balaban J connectivity index is 0.000000262. The molecule has 0 atom stereocenters. The van der Waals surface area contributed by atoms with Gasteiger partial charge in [0.1, 0.15) is 0 Å². The molecule has 2 aromatic rings. The van der Waals surface area contributed by atoms with Crippen LogP contribution in [0.3, 0.4) is 0 Å². The highest BCUT2D eigenvalue weighted by Crippen LogP contribution is 2.21. The third-order valence-corrected chi connectivity index (χ3v) is 3.92. The normalized spacial score (nSPS) is 11.1. The summed E-state index contributed by atoms with van der Waals surface area (Å²) in [5.41, 5.74) is 13.7. The predicted octanol–water partition coefficient (Wildman–Crippen LogP) is 3.37. The minimum Gasteiger partial charge on any atom is -0.402 e. The summed E-state index contributed by atoms with van der Waals surface area (Å²) in [4.78, 5) is 0.855. The maximum absolute atomic E-state index is 9.02. The van der Waals surface area contributed by atoms with Crippen molar-refractivity contribution >= 4 is 17.4 Å². The van der Waals surface area contributed by atoms with Crippen LogP contribution >= 0.6 is 11.8 Å². The predicted molar refractivity (Wildman–Crippen MR) is 92.6 cm³/mol. The molecule has 2 rings (SSSR count). The molecular formula is C17H22N2OS. The summed E-state index contributed by atoms with van der Waals surface area (Å²) in [5, 5.41) is 9.02. The molecule has 0 saturated heterocycles. The van der Waals surface area contributed by atoms with Crippen molar-refractivity contribution in [2.75, 3.05) is 12.3 Å². The number of anilines is 1. The van der Waals surface area contributed by atoms with Gasteiger partial charge in [-0.05, 0) is 24.6 Å². The average Bonchev–Trinajstić information content (AvgIpc) is 2.50. The van der Waals surface area contributed by atoms with Crippen LogP contribution in [-0.4, -0.2) is 11.7 Å². The van der Waals surface area contributed by atoms with E-state index in [-0.39, 0.29) is 6.61 Å². The van der Waals surface area contributed by atoms with Crippen molar-refractivity contribution in [3.05, 3.63) is 76.8 Å². The summed E-state index contributed by atoms with van der Waals surface area (Å²) in [7, 11) is 0. The molecule has 0 saturated carbocycles. The van der Waals surface area contributed by atoms with E-state index in [1.54, 1.807) is 11.8 Å². The monoisotopic (exact) mass is 302 g/mol. The summed E-state index contributed by atoms with van der Waals surface area (Å²) in [6.45, 7) is 1.84. The standard InChI is InChI=1S/C11H15NOS.C6H7N/c1-9(12)11(7-13)14-8-10-5-3-2-4-6-10;7-6-4-2-1-3-5-6/h2-6,13H,7-8,12H2,1H3;1-5H,7H2/b11-9-;. The zero-order chi connectivity index (χ0) is 15.5. The van der Waals surface area contributed by atoms with E-state index in [1.165, 1.54) is 5.56 Å². The Labute approximate surface area is 130 Å². The molecule has 0 radical (unpaired) electrons. The number of nitrogen functional groups attached to an aromatic ring is 1. The van der Waals surface area contributed by atoms with Gasteiger partial charge in [0.25, 0.3) is 0 Å². The third-order valence-electron chi connectivity index (χ3n) is 2.64. The van der Waals surface area contributed by atoms with Crippen LogP contribution in [0.25, 0.3) is 0 Å². The Morgan fingerprint density at radius 3 is 1.90 bits per heavy atom. The Kier molecular flexibility index (Phi) is 8.09. The number of thioether (sulfide) groups is 1. The van der Waals surface area contributed by atoms with Gasteiger partial charge in [0.15, 0.2) is 0 Å². The van der Waals surface area contributed by atoms with Crippen molar-refractivity contribution in [3.8, 4) is 0 Å². The molecule has 0 amide bonds. The number of benzene rings is 2. The van der Waals surface area contributed by atoms with Gasteiger partial charge in [-0.3, -0.25) is 0 Å². The number of rotatable bonds is 4. The maximum Gasteiger partial charge on any atom is 0.0757 e. The smallest absolute Gasteiger partial charge is 0.0757 e. The van der Waals surface area contributed by atoms with Gasteiger partial charge in [-0.1, -0.05) is 48.5 Å². The highest BCUT2D eigenvalue weighted by atomic mass is 32.2. The second kappa shape index (κ2) is 9.91. The lowest BCUT2D eigenvalue weighted by Gasteiger charge is -2.05. The molecule has 0 unspecified atom stereocenters. The van der Waals surface area contributed by atoms with E-state index >= 15 is 0 Å². The molecule has 4 heteroatoms. The first-order chi connectivity index (χ1) is 10.1. The Bertz CT molecular complexity index is 537. The van der Waals surface area contributed by atoms with E-state index in [1.807, 2.05) is 55.5 Å². The summed E-state index contributed by atoms with van der Waals surface area (Å²) in [5.74, 6) is 0.852. The minimum atomic E-state index is 0.0276. The summed E-state index contributed by atoms with van der Waals surface area (Å²) < 4.78 is 0. The van der Waals surface area contributed by atoms with Crippen molar-refractivity contribution in [2.45, 2.75) is 12.7 Å². The lowest BCUT2D eigenvalue weighted by molar-refractivity contribution is 0.338. The van der Waals surface area contributed by atoms with Gasteiger partial charge in [0.05, 0.1) is 6.61 Å². The third kappa shape index (κ3) is 7.44. The summed E-state index contributed by atoms with van der Waals surface area (Å²) >= 11 is 1.59. The number of aliphatic hydroxyl groups excluding tert-OH is 1. The fourth-order valence-electron chi connectivity index (χ4n) is 1.48. The molecule has 0 bridgehead atoms. The minimum absolute atomic E-state index is 0.0276. The maximum atomic E-state index is 9.02. The van der Waals surface area contributed by atoms with Crippen LogP contribution < -0.4 is 11.5 Å². The number of nitrogens with two attached hydrogens (primary N) is 2. The van der Waals surface area contributed by atoms with Crippen molar-refractivity contribution in [3.63, 3.8) is 0 Å². The van der Waals surface area contributed by atoms with Crippen LogP contribution in [0, 0.1) is 0 Å². The number of hydrogen-bond donors (Lipinski definition) is 3. The topological polar surface area (TPSA) is 72.3 Å². The molecule has 112 valence electrons. The van der Waals surface area contributed by atoms with E-state index in [0.717, 1.165) is 16.3 Å². The Morgan fingerprint density at radius 2 is 1.52 bits per heavy atom. The molecule has 3 nitrogen and oxygen atoms in total. The molecule has 0 aliphatic rings. The molecule has 21 heavy (non-hydrogen) atoms. The number of aliphatic hydroxyl groups is 1. The quantitative estimate of drug-likeness (QED) is 0.757. The molecule has 2 aromatic carbocycles. The average molecular weight is 302 g/mol. The van der Waals surface area contributed by atoms with Gasteiger partial charge >= 0.3 is 0 Å². The van der Waals surface area contributed by atoms with E-state index < -0.39 is 0 Å². The fourth-order valence-corrected chi connectivity index (χ4v) is 2.33. The van der Waals surface area contributed by atoms with Crippen LogP contribution in [0.2, 0.25) is 0 Å². The summed E-state index contributed by atoms with van der Waals surface area (Å²) in [6, 6.07) is 19.6. The molecule has 0 aromatic heterocycles. The van der Waals surface area contributed by atoms with Crippen molar-refractivity contribution in [2.24, 2.45) is 5.73 Å².